The van der Waals surface area contributed by atoms with Gasteiger partial charge in [-0.3, -0.25) is 4.40 Å². The average molecular weight is 366 g/mol. The molecule has 0 N–H and O–H groups in total. The molecule has 0 fully saturated rings. The Morgan fingerprint density at radius 3 is 2.50 bits per heavy atom. The van der Waals surface area contributed by atoms with Gasteiger partial charge in [-0.2, -0.15) is 0 Å². The van der Waals surface area contributed by atoms with E-state index >= 15 is 0 Å². The number of hydrogen-bond donors (Lipinski definition) is 0. The molecule has 4 aromatic rings. The van der Waals surface area contributed by atoms with Crippen LogP contribution in [0.1, 0.15) is 23.9 Å². The van der Waals surface area contributed by atoms with Gasteiger partial charge in [-0.1, -0.05) is 35.9 Å². The Labute approximate surface area is 157 Å². The first-order valence-electron chi connectivity index (χ1n) is 8.69. The minimum atomic E-state index is 0.561. The Kier molecular flexibility index (Phi) is 4.08. The minimum Gasteiger partial charge on any atom is -0.492 e. The number of halogens is 1. The van der Waals surface area contributed by atoms with E-state index in [1.807, 2.05) is 45.0 Å². The van der Waals surface area contributed by atoms with Crippen molar-refractivity contribution in [1.82, 2.24) is 14.4 Å². The molecule has 26 heavy (non-hydrogen) atoms. The lowest BCUT2D eigenvalue weighted by Crippen LogP contribution is -2.00. The van der Waals surface area contributed by atoms with Gasteiger partial charge in [0, 0.05) is 11.6 Å². The van der Waals surface area contributed by atoms with E-state index in [0.717, 1.165) is 39.3 Å². The highest BCUT2D eigenvalue weighted by Gasteiger charge is 2.18. The molecule has 0 unspecified atom stereocenters. The van der Waals surface area contributed by atoms with E-state index in [4.69, 9.17) is 26.3 Å². The summed E-state index contributed by atoms with van der Waals surface area (Å²) in [6.45, 7) is 8.64. The summed E-state index contributed by atoms with van der Waals surface area (Å²) in [5.41, 5.74) is 6.97. The molecular formula is C21H20ClN3O. The number of fused-ring (bicyclic) bond motifs is 3. The second kappa shape index (κ2) is 6.29. The third kappa shape index (κ3) is 2.53. The fourth-order valence-corrected chi connectivity index (χ4v) is 3.71. The van der Waals surface area contributed by atoms with Crippen LogP contribution in [0.4, 0.5) is 0 Å². The minimum absolute atomic E-state index is 0.561. The zero-order valence-corrected chi connectivity index (χ0v) is 16.1. The molecule has 0 spiro atoms. The molecule has 0 aliphatic carbocycles. The summed E-state index contributed by atoms with van der Waals surface area (Å²) in [5, 5.41) is 0.577. The Morgan fingerprint density at radius 1 is 1.04 bits per heavy atom. The Balaban J connectivity index is 2.15. The molecule has 0 bridgehead atoms. The molecular weight excluding hydrogens is 346 g/mol. The van der Waals surface area contributed by atoms with E-state index in [9.17, 15) is 0 Å². The smallest absolute Gasteiger partial charge is 0.145 e. The molecule has 4 nitrogen and oxygen atoms in total. The van der Waals surface area contributed by atoms with Crippen LogP contribution in [0, 0.1) is 20.8 Å². The third-order valence-corrected chi connectivity index (χ3v) is 4.93. The van der Waals surface area contributed by atoms with E-state index in [-0.39, 0.29) is 0 Å². The highest BCUT2D eigenvalue weighted by atomic mass is 35.5. The monoisotopic (exact) mass is 365 g/mol. The third-order valence-electron chi connectivity index (χ3n) is 4.64. The fourth-order valence-electron chi connectivity index (χ4n) is 3.49. The zero-order valence-electron chi connectivity index (χ0n) is 15.3. The van der Waals surface area contributed by atoms with Gasteiger partial charge < -0.3 is 4.74 Å². The van der Waals surface area contributed by atoms with Crippen LogP contribution in [-0.2, 0) is 0 Å². The second-order valence-electron chi connectivity index (χ2n) is 6.42. The van der Waals surface area contributed by atoms with E-state index in [1.165, 1.54) is 5.56 Å². The summed E-state index contributed by atoms with van der Waals surface area (Å²) in [6.07, 6.45) is 0. The van der Waals surface area contributed by atoms with Gasteiger partial charge in [0.15, 0.2) is 0 Å². The molecule has 2 heterocycles. The summed E-state index contributed by atoms with van der Waals surface area (Å²) in [6, 6.07) is 12.1. The summed E-state index contributed by atoms with van der Waals surface area (Å²) in [7, 11) is 0. The summed E-state index contributed by atoms with van der Waals surface area (Å²) in [4.78, 5) is 9.65. The van der Waals surface area contributed by atoms with Gasteiger partial charge in [0.2, 0.25) is 0 Å². The number of ether oxygens (including phenoxy) is 1. The fraction of sp³-hybridized carbons (Fsp3) is 0.238. The zero-order chi connectivity index (χ0) is 18.4. The van der Waals surface area contributed by atoms with Crippen molar-refractivity contribution in [3.63, 3.8) is 0 Å². The molecule has 0 amide bonds. The quantitative estimate of drug-likeness (QED) is 0.479. The highest BCUT2D eigenvalue weighted by Crippen LogP contribution is 2.34. The normalized spacial score (nSPS) is 11.4. The summed E-state index contributed by atoms with van der Waals surface area (Å²) >= 11 is 6.47. The molecule has 2 aromatic carbocycles. The highest BCUT2D eigenvalue weighted by molar-refractivity contribution is 6.32. The first-order chi connectivity index (χ1) is 12.5. The first-order valence-corrected chi connectivity index (χ1v) is 9.06. The van der Waals surface area contributed by atoms with Crippen molar-refractivity contribution < 1.29 is 4.74 Å². The van der Waals surface area contributed by atoms with Crippen molar-refractivity contribution in [2.45, 2.75) is 27.7 Å². The van der Waals surface area contributed by atoms with E-state index in [1.54, 1.807) is 0 Å². The molecule has 0 saturated heterocycles. The van der Waals surface area contributed by atoms with Crippen molar-refractivity contribution in [2.24, 2.45) is 0 Å². The number of aryl methyl sites for hydroxylation is 3. The largest absolute Gasteiger partial charge is 0.492 e. The molecule has 5 heteroatoms. The van der Waals surface area contributed by atoms with Crippen LogP contribution < -0.4 is 4.74 Å². The van der Waals surface area contributed by atoms with Crippen LogP contribution in [0.15, 0.2) is 36.4 Å². The Hall–Kier alpha value is -2.59. The number of hydrogen-bond acceptors (Lipinski definition) is 3. The number of aromatic nitrogens is 3. The molecule has 0 aliphatic heterocycles. The van der Waals surface area contributed by atoms with Crippen molar-refractivity contribution >= 4 is 28.2 Å². The maximum Gasteiger partial charge on any atom is 0.145 e. The summed E-state index contributed by atoms with van der Waals surface area (Å²) < 4.78 is 7.80. The number of benzene rings is 2. The average Bonchev–Trinajstić information content (AvgIpc) is 2.95. The van der Waals surface area contributed by atoms with Gasteiger partial charge in [0.25, 0.3) is 0 Å². The van der Waals surface area contributed by atoms with Crippen molar-refractivity contribution in [3.05, 3.63) is 58.4 Å². The van der Waals surface area contributed by atoms with Crippen LogP contribution in [0.25, 0.3) is 27.9 Å². The van der Waals surface area contributed by atoms with Crippen molar-refractivity contribution in [1.29, 1.82) is 0 Å². The maximum absolute atomic E-state index is 6.47. The van der Waals surface area contributed by atoms with Gasteiger partial charge in [-0.15, -0.1) is 0 Å². The van der Waals surface area contributed by atoms with Crippen LogP contribution in [0.2, 0.25) is 5.02 Å². The Morgan fingerprint density at radius 2 is 1.77 bits per heavy atom. The molecule has 2 aromatic heterocycles. The molecule has 0 atom stereocenters. The molecule has 0 aliphatic rings. The lowest BCUT2D eigenvalue weighted by atomic mass is 10.1. The topological polar surface area (TPSA) is 39.4 Å². The van der Waals surface area contributed by atoms with Crippen LogP contribution in [0.3, 0.4) is 0 Å². The number of imidazole rings is 1. The molecule has 0 saturated carbocycles. The van der Waals surface area contributed by atoms with E-state index < -0.39 is 0 Å². The number of nitrogens with zero attached hydrogens (tertiary/aromatic N) is 3. The second-order valence-corrected chi connectivity index (χ2v) is 6.83. The lowest BCUT2D eigenvalue weighted by molar-refractivity contribution is 0.341. The maximum atomic E-state index is 6.47. The van der Waals surface area contributed by atoms with E-state index in [2.05, 4.69) is 23.5 Å². The number of rotatable bonds is 3. The first kappa shape index (κ1) is 16.9. The van der Waals surface area contributed by atoms with Gasteiger partial charge >= 0.3 is 0 Å². The Bertz CT molecular complexity index is 1150. The van der Waals surface area contributed by atoms with Crippen molar-refractivity contribution in [3.8, 4) is 17.1 Å². The van der Waals surface area contributed by atoms with Crippen LogP contribution in [0.5, 0.6) is 5.75 Å². The van der Waals surface area contributed by atoms with E-state index in [0.29, 0.717) is 17.4 Å². The van der Waals surface area contributed by atoms with Crippen LogP contribution >= 0.6 is 11.6 Å². The SMILES string of the molecule is CCOc1cc2nc(C)c3c(C)nc(-c4ccccc4C)n3c2cc1Cl. The molecule has 4 rings (SSSR count). The predicted molar refractivity (Wildman–Crippen MR) is 106 cm³/mol. The van der Waals surface area contributed by atoms with Crippen molar-refractivity contribution in [2.75, 3.05) is 6.61 Å². The molecule has 132 valence electrons. The lowest BCUT2D eigenvalue weighted by Gasteiger charge is -2.12. The van der Waals surface area contributed by atoms with Crippen LogP contribution in [-0.4, -0.2) is 21.0 Å². The van der Waals surface area contributed by atoms with Gasteiger partial charge in [-0.05, 0) is 39.3 Å². The summed E-state index contributed by atoms with van der Waals surface area (Å²) in [5.74, 6) is 1.56. The van der Waals surface area contributed by atoms with Gasteiger partial charge in [-0.25, -0.2) is 9.97 Å². The standard InChI is InChI=1S/C21H20ClN3O/c1-5-26-19-11-17-18(10-16(19)22)25-20(13(3)23-17)14(4)24-21(25)15-9-7-6-8-12(15)2/h6-11H,5H2,1-4H3. The molecule has 0 radical (unpaired) electrons. The predicted octanol–water partition coefficient (Wildman–Crippen LogP) is 5.53. The van der Waals surface area contributed by atoms with Gasteiger partial charge in [0.05, 0.1) is 39.6 Å². The van der Waals surface area contributed by atoms with Gasteiger partial charge in [0.1, 0.15) is 11.6 Å².